The summed E-state index contributed by atoms with van der Waals surface area (Å²) >= 11 is 0. The van der Waals surface area contributed by atoms with Gasteiger partial charge >= 0.3 is 0 Å². The highest BCUT2D eigenvalue weighted by molar-refractivity contribution is 7.88. The van der Waals surface area contributed by atoms with Gasteiger partial charge in [0.2, 0.25) is 10.0 Å². The van der Waals surface area contributed by atoms with E-state index in [1.165, 1.54) is 16.1 Å². The van der Waals surface area contributed by atoms with Crippen LogP contribution in [0.15, 0.2) is 28.9 Å². The molecule has 7 nitrogen and oxygen atoms in total. The zero-order valence-corrected chi connectivity index (χ0v) is 16.4. The minimum absolute atomic E-state index is 0.362. The fourth-order valence-corrected chi connectivity index (χ4v) is 4.82. The maximum atomic E-state index is 11.8. The summed E-state index contributed by atoms with van der Waals surface area (Å²) in [6, 6.07) is 6.08. The van der Waals surface area contributed by atoms with E-state index in [-0.39, 0.29) is 0 Å². The second-order valence-corrected chi connectivity index (χ2v) is 9.20. The lowest BCUT2D eigenvalue weighted by Crippen LogP contribution is -2.48. The Morgan fingerprint density at radius 1 is 1.30 bits per heavy atom. The monoisotopic (exact) mass is 392 g/mol. The van der Waals surface area contributed by atoms with Gasteiger partial charge in [0, 0.05) is 20.0 Å². The summed E-state index contributed by atoms with van der Waals surface area (Å²) in [5.41, 5.74) is 2.74. The molecule has 8 heteroatoms. The van der Waals surface area contributed by atoms with Crippen LogP contribution in [0.25, 0.3) is 0 Å². The topological polar surface area (TPSA) is 81.9 Å². The number of sulfonamides is 1. The molecule has 0 bridgehead atoms. The summed E-state index contributed by atoms with van der Waals surface area (Å²) in [7, 11) is -3.15. The van der Waals surface area contributed by atoms with Gasteiger partial charge < -0.3 is 13.9 Å². The Bertz CT molecular complexity index is 929. The smallest absolute Gasteiger partial charge is 0.211 e. The third kappa shape index (κ3) is 3.74. The van der Waals surface area contributed by atoms with Crippen LogP contribution < -0.4 is 4.74 Å². The van der Waals surface area contributed by atoms with Gasteiger partial charge in [-0.05, 0) is 42.5 Å². The van der Waals surface area contributed by atoms with E-state index < -0.39 is 15.6 Å². The Kier molecular flexibility index (Phi) is 4.73. The Hall–Kier alpha value is -1.90. The molecule has 146 valence electrons. The molecule has 1 fully saturated rings. The molecule has 3 heterocycles. The van der Waals surface area contributed by atoms with Crippen LogP contribution in [0.2, 0.25) is 0 Å². The van der Waals surface area contributed by atoms with Gasteiger partial charge in [0.1, 0.15) is 24.3 Å². The van der Waals surface area contributed by atoms with Crippen molar-refractivity contribution in [1.82, 2.24) is 9.29 Å². The molecular weight excluding hydrogens is 368 g/mol. The van der Waals surface area contributed by atoms with Gasteiger partial charge in [-0.25, -0.2) is 17.7 Å². The SMILES string of the molecule is Cc1nc(COc2ccc3c(c2)CCOC32CCN(S(C)(=O)=O)CC2)co1. The number of ether oxygens (including phenoxy) is 2. The van der Waals surface area contributed by atoms with Crippen LogP contribution >= 0.6 is 0 Å². The van der Waals surface area contributed by atoms with Gasteiger partial charge in [0.15, 0.2) is 5.89 Å². The molecule has 27 heavy (non-hydrogen) atoms. The van der Waals surface area contributed by atoms with E-state index in [0.717, 1.165) is 23.4 Å². The van der Waals surface area contributed by atoms with Crippen LogP contribution in [0.3, 0.4) is 0 Å². The number of hydrogen-bond donors (Lipinski definition) is 0. The molecule has 2 aliphatic heterocycles. The molecule has 1 saturated heterocycles. The lowest BCUT2D eigenvalue weighted by molar-refractivity contribution is -0.0891. The van der Waals surface area contributed by atoms with Crippen molar-refractivity contribution in [2.24, 2.45) is 0 Å². The van der Waals surface area contributed by atoms with Gasteiger partial charge in [-0.1, -0.05) is 6.07 Å². The Labute approximate surface area is 159 Å². The predicted octanol–water partition coefficient (Wildman–Crippen LogP) is 2.39. The summed E-state index contributed by atoms with van der Waals surface area (Å²) in [5, 5.41) is 0. The number of fused-ring (bicyclic) bond motifs is 2. The second kappa shape index (κ2) is 6.92. The van der Waals surface area contributed by atoms with E-state index in [4.69, 9.17) is 13.9 Å². The molecule has 2 aliphatic rings. The standard InChI is InChI=1S/C19H24N2O5S/c1-14-20-16(12-24-14)13-25-17-3-4-18-15(11-17)5-10-26-19(18)6-8-21(9-7-19)27(2,22)23/h3-4,11-12H,5-10,13H2,1-2H3. The van der Waals surface area contributed by atoms with Crippen molar-refractivity contribution < 1.29 is 22.3 Å². The van der Waals surface area contributed by atoms with E-state index in [1.54, 1.807) is 13.2 Å². The first-order valence-electron chi connectivity index (χ1n) is 9.12. The molecule has 1 aromatic heterocycles. The molecule has 0 atom stereocenters. The van der Waals surface area contributed by atoms with Gasteiger partial charge in [-0.3, -0.25) is 0 Å². The summed E-state index contributed by atoms with van der Waals surface area (Å²) < 4.78 is 42.4. The fraction of sp³-hybridized carbons (Fsp3) is 0.526. The number of nitrogens with zero attached hydrogens (tertiary/aromatic N) is 2. The average molecular weight is 392 g/mol. The largest absolute Gasteiger partial charge is 0.487 e. The number of piperidine rings is 1. The molecular formula is C19H24N2O5S. The number of benzene rings is 1. The highest BCUT2D eigenvalue weighted by atomic mass is 32.2. The molecule has 0 aliphatic carbocycles. The molecule has 0 saturated carbocycles. The van der Waals surface area contributed by atoms with Gasteiger partial charge in [0.25, 0.3) is 0 Å². The van der Waals surface area contributed by atoms with E-state index >= 15 is 0 Å². The molecule has 0 unspecified atom stereocenters. The van der Waals surface area contributed by atoms with Crippen molar-refractivity contribution >= 4 is 10.0 Å². The molecule has 2 aromatic rings. The van der Waals surface area contributed by atoms with Gasteiger partial charge in [-0.15, -0.1) is 0 Å². The van der Waals surface area contributed by atoms with E-state index in [0.29, 0.717) is 45.0 Å². The van der Waals surface area contributed by atoms with Crippen molar-refractivity contribution in [3.05, 3.63) is 47.2 Å². The maximum absolute atomic E-state index is 11.8. The zero-order valence-electron chi connectivity index (χ0n) is 15.6. The third-order valence-electron chi connectivity index (χ3n) is 5.37. The van der Waals surface area contributed by atoms with Crippen LogP contribution in [0, 0.1) is 6.92 Å². The minimum Gasteiger partial charge on any atom is -0.487 e. The van der Waals surface area contributed by atoms with Gasteiger partial charge in [-0.2, -0.15) is 0 Å². The molecule has 0 radical (unpaired) electrons. The average Bonchev–Trinajstić information content (AvgIpc) is 3.05. The van der Waals surface area contributed by atoms with Crippen molar-refractivity contribution in [3.63, 3.8) is 0 Å². The molecule has 4 rings (SSSR count). The number of aromatic nitrogens is 1. The van der Waals surface area contributed by atoms with Crippen molar-refractivity contribution in [1.29, 1.82) is 0 Å². The lowest BCUT2D eigenvalue weighted by Gasteiger charge is -2.44. The zero-order chi connectivity index (χ0) is 19.1. The van der Waals surface area contributed by atoms with E-state index in [9.17, 15) is 8.42 Å². The first kappa shape index (κ1) is 18.5. The highest BCUT2D eigenvalue weighted by Gasteiger charge is 2.42. The number of oxazole rings is 1. The Balaban J connectivity index is 1.50. The van der Waals surface area contributed by atoms with Crippen molar-refractivity contribution in [2.75, 3.05) is 26.0 Å². The maximum Gasteiger partial charge on any atom is 0.211 e. The highest BCUT2D eigenvalue weighted by Crippen LogP contribution is 2.42. The first-order chi connectivity index (χ1) is 12.9. The van der Waals surface area contributed by atoms with E-state index in [1.807, 2.05) is 6.07 Å². The fourth-order valence-electron chi connectivity index (χ4n) is 3.97. The van der Waals surface area contributed by atoms with Gasteiger partial charge in [0.05, 0.1) is 18.5 Å². The summed E-state index contributed by atoms with van der Waals surface area (Å²) in [5.74, 6) is 1.42. The van der Waals surface area contributed by atoms with Crippen molar-refractivity contribution in [3.8, 4) is 5.75 Å². The summed E-state index contributed by atoms with van der Waals surface area (Å²) in [6.45, 7) is 3.78. The Morgan fingerprint density at radius 3 is 2.74 bits per heavy atom. The molecule has 0 N–H and O–H groups in total. The molecule has 0 amide bonds. The van der Waals surface area contributed by atoms with Crippen molar-refractivity contribution in [2.45, 2.75) is 38.4 Å². The summed E-state index contributed by atoms with van der Waals surface area (Å²) in [6.07, 6.45) is 5.04. The van der Waals surface area contributed by atoms with Crippen LogP contribution in [-0.4, -0.2) is 43.7 Å². The lowest BCUT2D eigenvalue weighted by atomic mass is 9.80. The minimum atomic E-state index is -3.15. The number of aryl methyl sites for hydroxylation is 1. The van der Waals surface area contributed by atoms with Crippen LogP contribution in [0.4, 0.5) is 0 Å². The second-order valence-electron chi connectivity index (χ2n) is 7.22. The van der Waals surface area contributed by atoms with Crippen LogP contribution in [0.1, 0.15) is 35.6 Å². The van der Waals surface area contributed by atoms with E-state index in [2.05, 4.69) is 17.1 Å². The Morgan fingerprint density at radius 2 is 2.07 bits per heavy atom. The van der Waals surface area contributed by atoms with Crippen LogP contribution in [-0.2, 0) is 33.4 Å². The third-order valence-corrected chi connectivity index (χ3v) is 6.67. The molecule has 1 aromatic carbocycles. The molecule has 1 spiro atoms. The first-order valence-corrected chi connectivity index (χ1v) is 11.0. The predicted molar refractivity (Wildman–Crippen MR) is 99.0 cm³/mol. The number of rotatable bonds is 4. The van der Waals surface area contributed by atoms with Crippen LogP contribution in [0.5, 0.6) is 5.75 Å². The quantitative estimate of drug-likeness (QED) is 0.795. The summed E-state index contributed by atoms with van der Waals surface area (Å²) in [4.78, 5) is 4.24. The number of hydrogen-bond acceptors (Lipinski definition) is 6. The normalized spacial score (nSPS) is 19.8.